The summed E-state index contributed by atoms with van der Waals surface area (Å²) in [5.74, 6) is 0.709. The lowest BCUT2D eigenvalue weighted by Crippen LogP contribution is -2.40. The van der Waals surface area contributed by atoms with Crippen molar-refractivity contribution in [3.63, 3.8) is 0 Å². The van der Waals surface area contributed by atoms with Crippen LogP contribution < -0.4 is 0 Å². The summed E-state index contributed by atoms with van der Waals surface area (Å²) in [6, 6.07) is 0. The topological polar surface area (TPSA) is 64.5 Å². The number of aromatic nitrogens is 2. The van der Waals surface area contributed by atoms with Crippen LogP contribution in [0.25, 0.3) is 5.57 Å². The van der Waals surface area contributed by atoms with Gasteiger partial charge < -0.3 is 14.1 Å². The van der Waals surface area contributed by atoms with Crippen LogP contribution in [0.1, 0.15) is 59.4 Å². The summed E-state index contributed by atoms with van der Waals surface area (Å²) < 4.78 is 11.6. The Morgan fingerprint density at radius 1 is 1.14 bits per heavy atom. The van der Waals surface area contributed by atoms with Crippen molar-refractivity contribution in [1.29, 1.82) is 0 Å². The van der Waals surface area contributed by atoms with Crippen LogP contribution in [0.4, 0.5) is 4.79 Å². The van der Waals surface area contributed by atoms with Gasteiger partial charge in [-0.2, -0.15) is 0 Å². The van der Waals surface area contributed by atoms with Crippen molar-refractivity contribution < 1.29 is 14.0 Å². The Morgan fingerprint density at radius 2 is 1.75 bits per heavy atom. The molecule has 1 aliphatic rings. The third kappa shape index (κ3) is 6.14. The van der Waals surface area contributed by atoms with Crippen molar-refractivity contribution >= 4 is 20.0 Å². The van der Waals surface area contributed by atoms with Gasteiger partial charge >= 0.3 is 6.09 Å². The average molecular weight is 406 g/mol. The van der Waals surface area contributed by atoms with Crippen molar-refractivity contribution in [2.24, 2.45) is 0 Å². The van der Waals surface area contributed by atoms with Gasteiger partial charge in [0.25, 0.3) is 0 Å². The van der Waals surface area contributed by atoms with Gasteiger partial charge in [-0.15, -0.1) is 0 Å². The van der Waals surface area contributed by atoms with Crippen molar-refractivity contribution in [3.05, 3.63) is 29.9 Å². The van der Waals surface area contributed by atoms with E-state index in [1.54, 1.807) is 4.90 Å². The molecule has 0 saturated carbocycles. The molecule has 0 spiro atoms. The second-order valence-electron chi connectivity index (χ2n) is 9.84. The molecule has 0 fully saturated rings. The van der Waals surface area contributed by atoms with Gasteiger partial charge in [0.15, 0.2) is 14.1 Å². The molecule has 7 heteroatoms. The van der Waals surface area contributed by atoms with Crippen LogP contribution >= 0.6 is 0 Å². The first kappa shape index (κ1) is 22.6. The molecule has 156 valence electrons. The molecule has 0 aromatic carbocycles. The number of carbonyl (C=O) groups is 1. The van der Waals surface area contributed by atoms with Gasteiger partial charge in [0.2, 0.25) is 0 Å². The molecule has 0 unspecified atom stereocenters. The molecule has 1 aliphatic heterocycles. The van der Waals surface area contributed by atoms with Crippen molar-refractivity contribution in [2.45, 2.75) is 78.3 Å². The molecule has 28 heavy (non-hydrogen) atoms. The molecule has 1 aromatic heterocycles. The van der Waals surface area contributed by atoms with Gasteiger partial charge in [-0.3, -0.25) is 0 Å². The van der Waals surface area contributed by atoms with E-state index in [-0.39, 0.29) is 11.1 Å². The van der Waals surface area contributed by atoms with Crippen LogP contribution in [0.2, 0.25) is 18.1 Å². The summed E-state index contributed by atoms with van der Waals surface area (Å²) in [6.45, 7) is 18.4. The van der Waals surface area contributed by atoms with Gasteiger partial charge in [-0.25, -0.2) is 14.8 Å². The summed E-state index contributed by atoms with van der Waals surface area (Å²) in [4.78, 5) is 22.8. The number of carbonyl (C=O) groups excluding carboxylic acids is 1. The number of ether oxygens (including phenoxy) is 1. The fraction of sp³-hybridized carbons (Fsp3) is 0.667. The zero-order valence-electron chi connectivity index (χ0n) is 18.6. The SMILES string of the molecule is CC(C)(C)OC(=O)N1CC=C(c2cnc(CO[Si](C)(C)C(C)(C)C)nc2)CC1. The lowest BCUT2D eigenvalue weighted by atomic mass is 10.0. The molecule has 0 atom stereocenters. The zero-order valence-corrected chi connectivity index (χ0v) is 19.6. The first-order valence-electron chi connectivity index (χ1n) is 9.91. The Bertz CT molecular complexity index is 716. The first-order chi connectivity index (χ1) is 12.8. The van der Waals surface area contributed by atoms with Gasteiger partial charge in [0.1, 0.15) is 5.60 Å². The highest BCUT2D eigenvalue weighted by Gasteiger charge is 2.37. The molecule has 2 rings (SSSR count). The molecule has 1 amide bonds. The second kappa shape index (κ2) is 8.33. The van der Waals surface area contributed by atoms with Crippen LogP contribution in [-0.2, 0) is 15.8 Å². The highest BCUT2D eigenvalue weighted by Crippen LogP contribution is 2.36. The third-order valence-corrected chi connectivity index (χ3v) is 9.78. The third-order valence-electron chi connectivity index (χ3n) is 5.31. The summed E-state index contributed by atoms with van der Waals surface area (Å²) in [6.07, 6.45) is 6.26. The molecule has 1 aromatic rings. The smallest absolute Gasteiger partial charge is 0.410 e. The van der Waals surface area contributed by atoms with E-state index in [0.717, 1.165) is 17.6 Å². The average Bonchev–Trinajstić information content (AvgIpc) is 2.58. The molecular weight excluding hydrogens is 370 g/mol. The number of hydrogen-bond acceptors (Lipinski definition) is 5. The fourth-order valence-electron chi connectivity index (χ4n) is 2.48. The minimum atomic E-state index is -1.81. The quantitative estimate of drug-likeness (QED) is 0.658. The van der Waals surface area contributed by atoms with Crippen LogP contribution in [0, 0.1) is 0 Å². The van der Waals surface area contributed by atoms with E-state index in [0.29, 0.717) is 25.5 Å². The monoisotopic (exact) mass is 405 g/mol. The van der Waals surface area contributed by atoms with Gasteiger partial charge in [0, 0.05) is 31.0 Å². The Hall–Kier alpha value is -1.73. The zero-order chi connectivity index (χ0) is 21.2. The van der Waals surface area contributed by atoms with Gasteiger partial charge in [0.05, 0.1) is 6.61 Å². The van der Waals surface area contributed by atoms with Crippen LogP contribution in [0.5, 0.6) is 0 Å². The van der Waals surface area contributed by atoms with E-state index in [2.05, 4.69) is 49.9 Å². The standard InChI is InChI=1S/C21H35N3O3Si/c1-20(2,3)27-19(25)24-11-9-16(10-12-24)17-13-22-18(23-14-17)15-26-28(7,8)21(4,5)6/h9,13-14H,10-12,15H2,1-8H3. The van der Waals surface area contributed by atoms with Crippen LogP contribution in [0.15, 0.2) is 18.5 Å². The lowest BCUT2D eigenvalue weighted by Gasteiger charge is -2.35. The highest BCUT2D eigenvalue weighted by molar-refractivity contribution is 6.74. The van der Waals surface area contributed by atoms with E-state index in [1.165, 1.54) is 0 Å². The molecule has 6 nitrogen and oxygen atoms in total. The highest BCUT2D eigenvalue weighted by atomic mass is 28.4. The molecule has 2 heterocycles. The number of hydrogen-bond donors (Lipinski definition) is 0. The Kier molecular flexibility index (Phi) is 6.71. The summed E-state index contributed by atoms with van der Waals surface area (Å²) in [5, 5.41) is 0.167. The van der Waals surface area contributed by atoms with Crippen molar-refractivity contribution in [3.8, 4) is 0 Å². The number of nitrogens with zero attached hydrogens (tertiary/aromatic N) is 3. The maximum Gasteiger partial charge on any atom is 0.410 e. The van der Waals surface area contributed by atoms with Gasteiger partial charge in [-0.1, -0.05) is 26.8 Å². The Balaban J connectivity index is 1.95. The van der Waals surface area contributed by atoms with E-state index >= 15 is 0 Å². The lowest BCUT2D eigenvalue weighted by molar-refractivity contribution is 0.0270. The Labute approximate surface area is 170 Å². The molecular formula is C21H35N3O3Si. The first-order valence-corrected chi connectivity index (χ1v) is 12.8. The van der Waals surface area contributed by atoms with E-state index in [1.807, 2.05) is 33.2 Å². The molecule has 0 saturated heterocycles. The maximum absolute atomic E-state index is 12.2. The van der Waals surface area contributed by atoms with Gasteiger partial charge in [-0.05, 0) is 50.9 Å². The minimum Gasteiger partial charge on any atom is -0.444 e. The predicted octanol–water partition coefficient (Wildman–Crippen LogP) is 5.02. The molecule has 0 N–H and O–H groups in total. The fourth-order valence-corrected chi connectivity index (χ4v) is 3.40. The summed E-state index contributed by atoms with van der Waals surface area (Å²) >= 11 is 0. The maximum atomic E-state index is 12.2. The molecule has 0 aliphatic carbocycles. The van der Waals surface area contributed by atoms with Crippen molar-refractivity contribution in [1.82, 2.24) is 14.9 Å². The van der Waals surface area contributed by atoms with E-state index in [9.17, 15) is 4.79 Å². The van der Waals surface area contributed by atoms with E-state index in [4.69, 9.17) is 9.16 Å². The number of amides is 1. The van der Waals surface area contributed by atoms with E-state index < -0.39 is 13.9 Å². The van der Waals surface area contributed by atoms with Crippen LogP contribution in [-0.4, -0.2) is 48.0 Å². The van der Waals surface area contributed by atoms with Crippen molar-refractivity contribution in [2.75, 3.05) is 13.1 Å². The second-order valence-corrected chi connectivity index (χ2v) is 14.7. The van der Waals surface area contributed by atoms with Crippen LogP contribution in [0.3, 0.4) is 0 Å². The summed E-state index contributed by atoms with van der Waals surface area (Å²) in [5.41, 5.74) is 1.69. The largest absolute Gasteiger partial charge is 0.444 e. The predicted molar refractivity (Wildman–Crippen MR) is 114 cm³/mol. The minimum absolute atomic E-state index is 0.167. The normalized spacial score (nSPS) is 16.0. The Morgan fingerprint density at radius 3 is 2.21 bits per heavy atom. The molecule has 0 radical (unpaired) electrons. The number of rotatable bonds is 4. The summed E-state index contributed by atoms with van der Waals surface area (Å²) in [7, 11) is -1.81. The molecule has 0 bridgehead atoms.